The quantitative estimate of drug-likeness (QED) is 0.0195. The van der Waals surface area contributed by atoms with Crippen LogP contribution in [0.4, 0.5) is 0 Å². The lowest BCUT2D eigenvalue weighted by molar-refractivity contribution is -0.870. The maximum atomic E-state index is 12.9. The van der Waals surface area contributed by atoms with Crippen LogP contribution >= 0.6 is 0 Å². The number of aliphatic carboxylic acids is 1. The van der Waals surface area contributed by atoms with E-state index in [-0.39, 0.29) is 32.2 Å². The van der Waals surface area contributed by atoms with Gasteiger partial charge < -0.3 is 33.3 Å². The summed E-state index contributed by atoms with van der Waals surface area (Å²) < 4.78 is 22.8. The lowest BCUT2D eigenvalue weighted by atomic mass is 10.0. The van der Waals surface area contributed by atoms with Gasteiger partial charge in [-0.2, -0.15) is 0 Å². The van der Waals surface area contributed by atoms with E-state index in [0.29, 0.717) is 17.4 Å². The number of carbonyl (C=O) groups is 3. The number of nitrogens with zero attached hydrogens (tertiary/aromatic N) is 1. The van der Waals surface area contributed by atoms with E-state index in [9.17, 15) is 19.5 Å². The van der Waals surface area contributed by atoms with E-state index in [0.717, 1.165) is 51.4 Å². The highest BCUT2D eigenvalue weighted by Gasteiger charge is 2.22. The predicted molar refractivity (Wildman–Crippen MR) is 353 cm³/mol. The first-order valence-corrected chi connectivity index (χ1v) is 36.1. The van der Waals surface area contributed by atoms with Gasteiger partial charge >= 0.3 is 11.9 Å². The average Bonchev–Trinajstić information content (AvgIpc) is 3.46. The van der Waals surface area contributed by atoms with E-state index >= 15 is 0 Å². The van der Waals surface area contributed by atoms with E-state index in [1.165, 1.54) is 283 Å². The van der Waals surface area contributed by atoms with Crippen LogP contribution in [0, 0.1) is 0 Å². The van der Waals surface area contributed by atoms with E-state index in [4.69, 9.17) is 18.9 Å². The van der Waals surface area contributed by atoms with Gasteiger partial charge in [0.15, 0.2) is 12.4 Å². The van der Waals surface area contributed by atoms with Crippen LogP contribution in [0.3, 0.4) is 0 Å². The normalized spacial score (nSPS) is 12.8. The van der Waals surface area contributed by atoms with Crippen molar-refractivity contribution < 1.29 is 42.9 Å². The zero-order valence-corrected chi connectivity index (χ0v) is 55.8. The molecule has 2 atom stereocenters. The largest absolute Gasteiger partial charge is 0.545 e. The van der Waals surface area contributed by atoms with Crippen LogP contribution in [0.2, 0.25) is 0 Å². The van der Waals surface area contributed by atoms with Crippen LogP contribution in [0.1, 0.15) is 361 Å². The third kappa shape index (κ3) is 66.9. The highest BCUT2D eigenvalue weighted by molar-refractivity contribution is 5.70. The monoisotopic (exact) mass is 1170 g/mol. The molecule has 2 unspecified atom stereocenters. The van der Waals surface area contributed by atoms with Gasteiger partial charge in [0.1, 0.15) is 13.2 Å². The Morgan fingerprint density at radius 1 is 0.361 bits per heavy atom. The number of hydrogen-bond acceptors (Lipinski definition) is 8. The lowest BCUT2D eigenvalue weighted by Crippen LogP contribution is -2.44. The molecule has 0 saturated carbocycles. The molecule has 0 aliphatic heterocycles. The van der Waals surface area contributed by atoms with Crippen molar-refractivity contribution in [1.82, 2.24) is 0 Å². The van der Waals surface area contributed by atoms with Gasteiger partial charge in [0.25, 0.3) is 0 Å². The number of ether oxygens (including phenoxy) is 4. The molecule has 9 heteroatoms. The Labute approximate surface area is 515 Å². The maximum Gasteiger partial charge on any atom is 0.306 e. The molecular weight excluding hydrogens is 1030 g/mol. The topological polar surface area (TPSA) is 111 Å². The zero-order chi connectivity index (χ0) is 60.5. The Hall–Kier alpha value is -2.49. The summed E-state index contributed by atoms with van der Waals surface area (Å²) in [5, 5.41) is 11.8. The molecule has 0 aliphatic rings. The highest BCUT2D eigenvalue weighted by atomic mass is 16.7. The number of quaternary nitrogens is 1. The Balaban J connectivity index is 3.92. The molecule has 0 fully saturated rings. The minimum atomic E-state index is -1.62. The fourth-order valence-electron chi connectivity index (χ4n) is 10.8. The number of unbranched alkanes of at least 4 members (excludes halogenated alkanes) is 47. The van der Waals surface area contributed by atoms with E-state index in [2.05, 4.69) is 50.3 Å². The molecule has 0 aromatic carbocycles. The summed E-state index contributed by atoms with van der Waals surface area (Å²) in [6, 6.07) is 0. The van der Waals surface area contributed by atoms with Crippen LogP contribution in [0.25, 0.3) is 0 Å². The molecule has 0 N–H and O–H groups in total. The second-order valence-electron chi connectivity index (χ2n) is 25.9. The molecular formula is C74H139NO8. The molecule has 0 rings (SSSR count). The van der Waals surface area contributed by atoms with Crippen LogP contribution in [0.15, 0.2) is 36.5 Å². The van der Waals surface area contributed by atoms with Crippen molar-refractivity contribution in [3.05, 3.63) is 36.5 Å². The summed E-state index contributed by atoms with van der Waals surface area (Å²) in [4.78, 5) is 37.4. The number of rotatable bonds is 68. The molecule has 0 aliphatic carbocycles. The van der Waals surface area contributed by atoms with Crippen molar-refractivity contribution in [2.45, 2.75) is 373 Å². The third-order valence-electron chi connectivity index (χ3n) is 16.4. The average molecular weight is 1170 g/mol. The molecule has 0 radical (unpaired) electrons. The Bertz CT molecular complexity index is 1450. The van der Waals surface area contributed by atoms with Crippen molar-refractivity contribution in [2.24, 2.45) is 0 Å². The summed E-state index contributed by atoms with van der Waals surface area (Å²) in [6.45, 7) is 4.80. The van der Waals surface area contributed by atoms with E-state index < -0.39 is 24.3 Å². The lowest BCUT2D eigenvalue weighted by Gasteiger charge is -2.26. The first-order valence-electron chi connectivity index (χ1n) is 36.1. The first kappa shape index (κ1) is 80.5. The molecule has 83 heavy (non-hydrogen) atoms. The predicted octanol–water partition coefficient (Wildman–Crippen LogP) is 21.0. The van der Waals surface area contributed by atoms with Crippen molar-refractivity contribution in [3.8, 4) is 0 Å². The summed E-state index contributed by atoms with van der Waals surface area (Å²) in [5.74, 6) is -2.25. The van der Waals surface area contributed by atoms with Crippen LogP contribution in [-0.2, 0) is 33.3 Å². The van der Waals surface area contributed by atoms with Crippen LogP contribution in [-0.4, -0.2) is 82.3 Å². The first-order chi connectivity index (χ1) is 40.6. The Morgan fingerprint density at radius 3 is 0.964 bits per heavy atom. The van der Waals surface area contributed by atoms with Gasteiger partial charge in [-0.1, -0.05) is 333 Å². The molecule has 0 saturated heterocycles. The molecule has 0 aromatic rings. The summed E-state index contributed by atoms with van der Waals surface area (Å²) in [6.07, 6.45) is 79.7. The minimum Gasteiger partial charge on any atom is -0.545 e. The summed E-state index contributed by atoms with van der Waals surface area (Å²) >= 11 is 0. The number of allylic oxidation sites excluding steroid dienone is 6. The number of carbonyl (C=O) groups excluding carboxylic acids is 3. The van der Waals surface area contributed by atoms with Gasteiger partial charge in [0.2, 0.25) is 0 Å². The van der Waals surface area contributed by atoms with Crippen LogP contribution in [0.5, 0.6) is 0 Å². The smallest absolute Gasteiger partial charge is 0.306 e. The second-order valence-corrected chi connectivity index (χ2v) is 25.9. The fourth-order valence-corrected chi connectivity index (χ4v) is 10.8. The molecule has 0 spiro atoms. The highest BCUT2D eigenvalue weighted by Crippen LogP contribution is 2.19. The number of hydrogen-bond donors (Lipinski definition) is 0. The van der Waals surface area contributed by atoms with E-state index in [1.807, 2.05) is 21.1 Å². The van der Waals surface area contributed by atoms with Crippen molar-refractivity contribution >= 4 is 17.9 Å². The van der Waals surface area contributed by atoms with Gasteiger partial charge in [-0.3, -0.25) is 9.59 Å². The summed E-state index contributed by atoms with van der Waals surface area (Å²) in [5.41, 5.74) is 0. The molecule has 0 amide bonds. The van der Waals surface area contributed by atoms with Crippen molar-refractivity contribution in [1.29, 1.82) is 0 Å². The SMILES string of the molecule is CCCCCCC/C=C\C/C=C\C/C=C\CCCCCCCCCCCCCCCCCCCCCCCCCCCCC(=O)OC(COC(=O)CCCCCCCCCCCCCCCCCCC)COC(OCC[N+](C)(C)C)C(=O)[O-]. The standard InChI is InChI=1S/C74H139NO8/c1-6-8-10-12-14-16-18-20-22-24-25-26-27-28-29-30-31-32-33-34-35-36-37-38-39-40-41-42-43-44-45-46-47-49-51-53-55-57-59-61-63-65-72(77)83-70(69-82-74(73(78)79)80-67-66-75(3,4)5)68-81-71(76)64-62-60-58-56-54-52-50-48-23-21-19-17-15-13-11-9-7-2/h18,20,24-25,27-28,70,74H,6-17,19,21-23,26,29-69H2,1-5H3/b20-18-,25-24-,28-27-. The molecule has 0 heterocycles. The van der Waals surface area contributed by atoms with Gasteiger partial charge in [-0.15, -0.1) is 0 Å². The molecule has 0 bridgehead atoms. The minimum absolute atomic E-state index is 0.152. The van der Waals surface area contributed by atoms with Crippen LogP contribution < -0.4 is 5.11 Å². The van der Waals surface area contributed by atoms with Gasteiger partial charge in [0, 0.05) is 12.8 Å². The third-order valence-corrected chi connectivity index (χ3v) is 16.4. The van der Waals surface area contributed by atoms with Gasteiger partial charge in [-0.05, 0) is 51.4 Å². The molecule has 0 aromatic heterocycles. The van der Waals surface area contributed by atoms with E-state index in [1.54, 1.807) is 0 Å². The van der Waals surface area contributed by atoms with Crippen molar-refractivity contribution in [2.75, 3.05) is 47.5 Å². The fraction of sp³-hybridized carbons (Fsp3) is 0.878. The summed E-state index contributed by atoms with van der Waals surface area (Å²) in [7, 11) is 5.94. The Kier molecular flexibility index (Phi) is 63.5. The number of carboxylic acid groups (broad SMARTS) is 1. The zero-order valence-electron chi connectivity index (χ0n) is 55.8. The molecule has 9 nitrogen and oxygen atoms in total. The number of carboxylic acids is 1. The van der Waals surface area contributed by atoms with Crippen molar-refractivity contribution in [3.63, 3.8) is 0 Å². The second kappa shape index (κ2) is 65.5. The van der Waals surface area contributed by atoms with Gasteiger partial charge in [0.05, 0.1) is 40.3 Å². The van der Waals surface area contributed by atoms with Gasteiger partial charge in [-0.25, -0.2) is 0 Å². The Morgan fingerprint density at radius 2 is 0.651 bits per heavy atom. The molecule has 488 valence electrons. The maximum absolute atomic E-state index is 12.9. The number of likely N-dealkylation sites (N-methyl/N-ethyl adjacent to an activating group) is 1. The number of esters is 2.